The molecular formula is C10H15N3O2S. The zero-order valence-corrected chi connectivity index (χ0v) is 9.94. The fourth-order valence-corrected chi connectivity index (χ4v) is 2.24. The Balaban J connectivity index is 2.02. The van der Waals surface area contributed by atoms with Crippen LogP contribution < -0.4 is 5.73 Å². The van der Waals surface area contributed by atoms with E-state index < -0.39 is 0 Å². The molecule has 0 radical (unpaired) electrons. The third kappa shape index (κ3) is 2.40. The Labute approximate surface area is 98.2 Å². The summed E-state index contributed by atoms with van der Waals surface area (Å²) in [6.45, 7) is 3.64. The van der Waals surface area contributed by atoms with Gasteiger partial charge in [-0.15, -0.1) is 11.3 Å². The number of nitrogens with two attached hydrogens (primary N) is 1. The molecule has 1 aromatic heterocycles. The van der Waals surface area contributed by atoms with E-state index in [1.54, 1.807) is 16.6 Å². The Hall–Kier alpha value is -0.980. The first-order valence-electron chi connectivity index (χ1n) is 5.23. The summed E-state index contributed by atoms with van der Waals surface area (Å²) in [5.41, 5.74) is 7.44. The molecule has 1 aromatic rings. The molecule has 2 heterocycles. The van der Waals surface area contributed by atoms with Gasteiger partial charge in [-0.1, -0.05) is 0 Å². The van der Waals surface area contributed by atoms with Gasteiger partial charge in [-0.25, -0.2) is 0 Å². The minimum absolute atomic E-state index is 0.0245. The van der Waals surface area contributed by atoms with E-state index in [1.165, 1.54) is 11.3 Å². The average molecular weight is 241 g/mol. The van der Waals surface area contributed by atoms with Crippen LogP contribution in [0.4, 0.5) is 0 Å². The van der Waals surface area contributed by atoms with Gasteiger partial charge >= 0.3 is 0 Å². The molecule has 0 aromatic carbocycles. The molecule has 1 aliphatic rings. The first-order chi connectivity index (χ1) is 7.68. The zero-order valence-electron chi connectivity index (χ0n) is 9.13. The van der Waals surface area contributed by atoms with Gasteiger partial charge < -0.3 is 15.4 Å². The number of amides is 1. The summed E-state index contributed by atoms with van der Waals surface area (Å²) in [5, 5.41) is 0. The zero-order chi connectivity index (χ0) is 11.5. The van der Waals surface area contributed by atoms with Crippen molar-refractivity contribution in [2.75, 3.05) is 19.7 Å². The van der Waals surface area contributed by atoms with E-state index in [1.807, 2.05) is 6.92 Å². The summed E-state index contributed by atoms with van der Waals surface area (Å²) >= 11 is 1.36. The van der Waals surface area contributed by atoms with Crippen LogP contribution in [0.1, 0.15) is 16.6 Å². The minimum atomic E-state index is -0.0642. The number of rotatable bonds is 2. The normalized spacial score (nSPS) is 23.1. The topological polar surface area (TPSA) is 68.5 Å². The van der Waals surface area contributed by atoms with E-state index in [0.717, 1.165) is 0 Å². The number of ether oxygens (including phenoxy) is 1. The van der Waals surface area contributed by atoms with Crippen LogP contribution in [-0.4, -0.2) is 47.6 Å². The molecule has 88 valence electrons. The molecule has 2 N–H and O–H groups in total. The standard InChI is InChI=1S/C10H15N3O2S/c1-7(11)8-5-13(2-3-15-8)10(14)9-4-12-6-16-9/h4,6-8H,2-3,5,11H2,1H3. The summed E-state index contributed by atoms with van der Waals surface area (Å²) < 4.78 is 5.51. The van der Waals surface area contributed by atoms with Gasteiger partial charge in [0, 0.05) is 19.1 Å². The van der Waals surface area contributed by atoms with Crippen molar-refractivity contribution in [1.82, 2.24) is 9.88 Å². The number of carbonyl (C=O) groups is 1. The third-order valence-corrected chi connectivity index (χ3v) is 3.37. The van der Waals surface area contributed by atoms with Gasteiger partial charge in [-0.05, 0) is 6.92 Å². The number of thiazole rings is 1. The van der Waals surface area contributed by atoms with Crippen LogP contribution in [0.15, 0.2) is 11.7 Å². The number of hydrogen-bond acceptors (Lipinski definition) is 5. The highest BCUT2D eigenvalue weighted by Crippen LogP contribution is 2.14. The second-order valence-corrected chi connectivity index (χ2v) is 4.77. The first-order valence-corrected chi connectivity index (χ1v) is 6.11. The highest BCUT2D eigenvalue weighted by atomic mass is 32.1. The molecule has 1 aliphatic heterocycles. The lowest BCUT2D eigenvalue weighted by atomic mass is 10.1. The SMILES string of the molecule is CC(N)C1CN(C(=O)c2cncs2)CCO1. The molecular weight excluding hydrogens is 226 g/mol. The molecule has 1 amide bonds. The molecule has 6 heteroatoms. The highest BCUT2D eigenvalue weighted by Gasteiger charge is 2.27. The fraction of sp³-hybridized carbons (Fsp3) is 0.600. The van der Waals surface area contributed by atoms with Crippen molar-refractivity contribution in [3.8, 4) is 0 Å². The molecule has 1 fully saturated rings. The van der Waals surface area contributed by atoms with E-state index in [0.29, 0.717) is 24.6 Å². The molecule has 2 unspecified atom stereocenters. The van der Waals surface area contributed by atoms with E-state index >= 15 is 0 Å². The van der Waals surface area contributed by atoms with Crippen molar-refractivity contribution in [3.63, 3.8) is 0 Å². The first kappa shape index (κ1) is 11.5. The maximum absolute atomic E-state index is 12.0. The van der Waals surface area contributed by atoms with Gasteiger partial charge in [0.2, 0.25) is 0 Å². The third-order valence-electron chi connectivity index (χ3n) is 2.61. The van der Waals surface area contributed by atoms with Crippen molar-refractivity contribution >= 4 is 17.2 Å². The molecule has 1 saturated heterocycles. The van der Waals surface area contributed by atoms with Crippen molar-refractivity contribution in [2.24, 2.45) is 5.73 Å². The second kappa shape index (κ2) is 4.90. The lowest BCUT2D eigenvalue weighted by Gasteiger charge is -2.34. The quantitative estimate of drug-likeness (QED) is 0.810. The van der Waals surface area contributed by atoms with Gasteiger partial charge in [0.15, 0.2) is 0 Å². The van der Waals surface area contributed by atoms with Gasteiger partial charge in [-0.2, -0.15) is 0 Å². The number of morpholine rings is 1. The predicted molar refractivity (Wildman–Crippen MR) is 61.4 cm³/mol. The monoisotopic (exact) mass is 241 g/mol. The minimum Gasteiger partial charge on any atom is -0.373 e. The molecule has 0 spiro atoms. The van der Waals surface area contributed by atoms with Crippen molar-refractivity contribution in [2.45, 2.75) is 19.1 Å². The summed E-state index contributed by atoms with van der Waals surface area (Å²) in [4.78, 5) is 18.4. The smallest absolute Gasteiger partial charge is 0.265 e. The van der Waals surface area contributed by atoms with E-state index in [2.05, 4.69) is 4.98 Å². The Bertz CT molecular complexity index is 353. The summed E-state index contributed by atoms with van der Waals surface area (Å²) in [6.07, 6.45) is 1.54. The largest absolute Gasteiger partial charge is 0.373 e. The molecule has 0 aliphatic carbocycles. The fourth-order valence-electron chi connectivity index (χ4n) is 1.66. The molecule has 2 rings (SSSR count). The van der Waals surface area contributed by atoms with Crippen molar-refractivity contribution < 1.29 is 9.53 Å². The summed E-state index contributed by atoms with van der Waals surface area (Å²) in [6, 6.07) is -0.0583. The van der Waals surface area contributed by atoms with Crippen LogP contribution in [0.3, 0.4) is 0 Å². The predicted octanol–water partition coefficient (Wildman–Crippen LogP) is 0.331. The maximum Gasteiger partial charge on any atom is 0.265 e. The molecule has 5 nitrogen and oxygen atoms in total. The Morgan fingerprint density at radius 1 is 1.81 bits per heavy atom. The van der Waals surface area contributed by atoms with Crippen molar-refractivity contribution in [1.29, 1.82) is 0 Å². The summed E-state index contributed by atoms with van der Waals surface area (Å²) in [5.74, 6) is 0.0245. The molecule has 16 heavy (non-hydrogen) atoms. The number of aromatic nitrogens is 1. The number of hydrogen-bond donors (Lipinski definition) is 1. The van der Waals surface area contributed by atoms with Gasteiger partial charge in [0.25, 0.3) is 5.91 Å². The molecule has 0 saturated carbocycles. The average Bonchev–Trinajstić information content (AvgIpc) is 2.81. The maximum atomic E-state index is 12.0. The van der Waals surface area contributed by atoms with Crippen LogP contribution in [0, 0.1) is 0 Å². The van der Waals surface area contributed by atoms with Crippen LogP contribution in [0.25, 0.3) is 0 Å². The Morgan fingerprint density at radius 2 is 2.62 bits per heavy atom. The van der Waals surface area contributed by atoms with Crippen LogP contribution in [0.2, 0.25) is 0 Å². The van der Waals surface area contributed by atoms with Crippen LogP contribution in [-0.2, 0) is 4.74 Å². The van der Waals surface area contributed by atoms with Gasteiger partial charge in [0.1, 0.15) is 4.88 Å². The number of carbonyl (C=O) groups excluding carboxylic acids is 1. The number of nitrogens with zero attached hydrogens (tertiary/aromatic N) is 2. The van der Waals surface area contributed by atoms with E-state index in [9.17, 15) is 4.79 Å². The van der Waals surface area contributed by atoms with Crippen LogP contribution in [0.5, 0.6) is 0 Å². The van der Waals surface area contributed by atoms with E-state index in [-0.39, 0.29) is 18.1 Å². The van der Waals surface area contributed by atoms with Gasteiger partial charge in [0.05, 0.1) is 24.4 Å². The molecule has 0 bridgehead atoms. The molecule has 2 atom stereocenters. The highest BCUT2D eigenvalue weighted by molar-refractivity contribution is 7.11. The van der Waals surface area contributed by atoms with Gasteiger partial charge in [-0.3, -0.25) is 9.78 Å². The Kier molecular flexibility index (Phi) is 3.52. The Morgan fingerprint density at radius 3 is 3.25 bits per heavy atom. The lowest BCUT2D eigenvalue weighted by molar-refractivity contribution is -0.0298. The van der Waals surface area contributed by atoms with Crippen LogP contribution >= 0.6 is 11.3 Å². The van der Waals surface area contributed by atoms with E-state index in [4.69, 9.17) is 10.5 Å². The van der Waals surface area contributed by atoms with Crippen molar-refractivity contribution in [3.05, 3.63) is 16.6 Å². The summed E-state index contributed by atoms with van der Waals surface area (Å²) in [7, 11) is 0. The second-order valence-electron chi connectivity index (χ2n) is 3.89. The lowest BCUT2D eigenvalue weighted by Crippen LogP contribution is -2.51.